The summed E-state index contributed by atoms with van der Waals surface area (Å²) >= 11 is 0. The highest BCUT2D eigenvalue weighted by Crippen LogP contribution is 2.50. The average Bonchev–Trinajstić information content (AvgIpc) is 2.86. The number of hydrogen-bond donors (Lipinski definition) is 2. The van der Waals surface area contributed by atoms with Gasteiger partial charge >= 0.3 is 19.3 Å². The Kier molecular flexibility index (Phi) is 9.47. The molecule has 1 aromatic heterocycles. The number of amides is 1. The van der Waals surface area contributed by atoms with Crippen LogP contribution in [0.1, 0.15) is 26.3 Å². The monoisotopic (exact) mass is 536 g/mol. The molecule has 2 heterocycles. The van der Waals surface area contributed by atoms with Crippen LogP contribution in [0.25, 0.3) is 0 Å². The SMILES string of the molecule is COC(=O)[C@H](Cc1ccc(OP2(=O)CO[C@@H](Cn3ccc(N)nc3=O)CO2)cc1)NC(=O)[C@@H](C)C(C)C. The number of carbonyl (C=O) groups excluding carboxylic acids is 2. The fraction of sp³-hybridized carbons (Fsp3) is 0.500. The van der Waals surface area contributed by atoms with E-state index >= 15 is 0 Å². The third kappa shape index (κ3) is 7.88. The van der Waals surface area contributed by atoms with Crippen molar-refractivity contribution in [2.24, 2.45) is 11.8 Å². The van der Waals surface area contributed by atoms with E-state index in [1.807, 2.05) is 13.8 Å². The highest BCUT2D eigenvalue weighted by Gasteiger charge is 2.35. The summed E-state index contributed by atoms with van der Waals surface area (Å²) < 4.78 is 35.8. The van der Waals surface area contributed by atoms with Crippen molar-refractivity contribution in [2.45, 2.75) is 45.9 Å². The molecule has 2 aromatic rings. The van der Waals surface area contributed by atoms with Gasteiger partial charge in [0.2, 0.25) is 5.91 Å². The maximum absolute atomic E-state index is 13.0. The normalized spacial score (nSPS) is 21.2. The minimum Gasteiger partial charge on any atom is -0.467 e. The second-order valence-corrected chi connectivity index (χ2v) is 11.1. The Bertz CT molecular complexity index is 1190. The first-order chi connectivity index (χ1) is 17.5. The molecular weight excluding hydrogens is 503 g/mol. The summed E-state index contributed by atoms with van der Waals surface area (Å²) in [6.07, 6.45) is 0.907. The van der Waals surface area contributed by atoms with Crippen molar-refractivity contribution in [3.05, 3.63) is 52.6 Å². The van der Waals surface area contributed by atoms with Crippen LogP contribution in [0.15, 0.2) is 41.3 Å². The smallest absolute Gasteiger partial charge is 0.404 e. The number of carbonyl (C=O) groups is 2. The van der Waals surface area contributed by atoms with Crippen LogP contribution in [0.2, 0.25) is 0 Å². The summed E-state index contributed by atoms with van der Waals surface area (Å²) in [5.74, 6) is -0.502. The summed E-state index contributed by atoms with van der Waals surface area (Å²) in [5, 5.41) is 2.75. The predicted molar refractivity (Wildman–Crippen MR) is 135 cm³/mol. The van der Waals surface area contributed by atoms with E-state index in [0.29, 0.717) is 5.75 Å². The Balaban J connectivity index is 1.56. The van der Waals surface area contributed by atoms with Gasteiger partial charge in [0.1, 0.15) is 23.7 Å². The average molecular weight is 537 g/mol. The Labute approximate surface area is 215 Å². The van der Waals surface area contributed by atoms with Gasteiger partial charge in [0.05, 0.1) is 20.3 Å². The minimum absolute atomic E-state index is 0.0402. The van der Waals surface area contributed by atoms with Gasteiger partial charge in [0.25, 0.3) is 0 Å². The van der Waals surface area contributed by atoms with E-state index in [9.17, 15) is 18.9 Å². The molecule has 0 aliphatic carbocycles. The number of ether oxygens (including phenoxy) is 2. The number of esters is 1. The van der Waals surface area contributed by atoms with Crippen molar-refractivity contribution in [1.29, 1.82) is 0 Å². The lowest BCUT2D eigenvalue weighted by molar-refractivity contribution is -0.145. The molecule has 1 saturated heterocycles. The maximum atomic E-state index is 13.0. The van der Waals surface area contributed by atoms with Crippen LogP contribution >= 0.6 is 7.60 Å². The number of aromatic nitrogens is 2. The molecule has 1 unspecified atom stereocenters. The second kappa shape index (κ2) is 12.4. The molecule has 1 aliphatic heterocycles. The number of nitrogens with two attached hydrogens (primary N) is 1. The number of rotatable bonds is 10. The molecule has 1 amide bonds. The van der Waals surface area contributed by atoms with Gasteiger partial charge in [-0.2, -0.15) is 4.98 Å². The summed E-state index contributed by atoms with van der Waals surface area (Å²) in [6.45, 7) is 5.79. The quantitative estimate of drug-likeness (QED) is 0.339. The highest BCUT2D eigenvalue weighted by molar-refractivity contribution is 7.54. The van der Waals surface area contributed by atoms with Crippen LogP contribution in [-0.4, -0.2) is 53.6 Å². The molecule has 1 aromatic carbocycles. The number of hydrogen-bond acceptors (Lipinski definition) is 10. The predicted octanol–water partition coefficient (Wildman–Crippen LogP) is 1.96. The molecule has 0 saturated carbocycles. The third-order valence-electron chi connectivity index (χ3n) is 6.04. The number of nitrogens with one attached hydrogen (secondary N) is 1. The van der Waals surface area contributed by atoms with Gasteiger partial charge in [0.15, 0.2) is 6.35 Å². The largest absolute Gasteiger partial charge is 0.467 e. The van der Waals surface area contributed by atoms with Crippen LogP contribution in [0.4, 0.5) is 5.82 Å². The summed E-state index contributed by atoms with van der Waals surface area (Å²) in [5.41, 5.74) is 5.71. The maximum Gasteiger partial charge on any atom is 0.404 e. The van der Waals surface area contributed by atoms with Crippen molar-refractivity contribution >= 4 is 25.3 Å². The summed E-state index contributed by atoms with van der Waals surface area (Å²) in [7, 11) is -2.31. The van der Waals surface area contributed by atoms with Gasteiger partial charge in [-0.3, -0.25) is 13.9 Å². The van der Waals surface area contributed by atoms with E-state index in [2.05, 4.69) is 10.3 Å². The van der Waals surface area contributed by atoms with Crippen LogP contribution in [0, 0.1) is 11.8 Å². The third-order valence-corrected chi connectivity index (χ3v) is 7.54. The molecule has 0 bridgehead atoms. The van der Waals surface area contributed by atoms with Gasteiger partial charge in [-0.15, -0.1) is 0 Å². The lowest BCUT2D eigenvalue weighted by atomic mass is 9.96. The molecule has 4 atom stereocenters. The lowest BCUT2D eigenvalue weighted by Gasteiger charge is -2.29. The molecule has 0 radical (unpaired) electrons. The molecule has 13 heteroatoms. The lowest BCUT2D eigenvalue weighted by Crippen LogP contribution is -2.45. The molecule has 1 aliphatic rings. The zero-order valence-electron chi connectivity index (χ0n) is 21.3. The first kappa shape index (κ1) is 28.4. The van der Waals surface area contributed by atoms with E-state index in [1.54, 1.807) is 31.2 Å². The molecule has 1 fully saturated rings. The van der Waals surface area contributed by atoms with E-state index in [1.165, 1.54) is 23.9 Å². The van der Waals surface area contributed by atoms with Gasteiger partial charge in [-0.25, -0.2) is 14.2 Å². The van der Waals surface area contributed by atoms with Crippen molar-refractivity contribution in [1.82, 2.24) is 14.9 Å². The second-order valence-electron chi connectivity index (χ2n) is 9.17. The fourth-order valence-electron chi connectivity index (χ4n) is 3.46. The van der Waals surface area contributed by atoms with Gasteiger partial charge < -0.3 is 25.0 Å². The summed E-state index contributed by atoms with van der Waals surface area (Å²) in [4.78, 5) is 40.2. The van der Waals surface area contributed by atoms with E-state index < -0.39 is 31.4 Å². The van der Waals surface area contributed by atoms with Crippen LogP contribution in [-0.2, 0) is 41.1 Å². The minimum atomic E-state index is -3.58. The Morgan fingerprint density at radius 3 is 2.51 bits per heavy atom. The number of anilines is 1. The molecule has 37 heavy (non-hydrogen) atoms. The standard InChI is InChI=1S/C24H33N4O8P/c1-15(2)16(3)22(29)26-20(23(30)33-4)11-17-5-7-18(8-6-17)36-37(32)14-34-19(13-35-37)12-28-10-9-21(25)27-24(28)31/h5-10,15-16,19-20H,11-14H2,1-4H3,(H,26,29)(H2,25,27,31)/t16-,19-,20-,37?/m0/s1. The van der Waals surface area contributed by atoms with Crippen molar-refractivity contribution in [2.75, 3.05) is 25.8 Å². The first-order valence-corrected chi connectivity index (χ1v) is 13.6. The number of benzene rings is 1. The number of methoxy groups -OCH3 is 1. The van der Waals surface area contributed by atoms with Crippen LogP contribution < -0.4 is 21.3 Å². The van der Waals surface area contributed by atoms with Gasteiger partial charge in [-0.1, -0.05) is 32.9 Å². The van der Waals surface area contributed by atoms with Gasteiger partial charge in [0, 0.05) is 18.5 Å². The Morgan fingerprint density at radius 1 is 1.24 bits per heavy atom. The molecule has 3 rings (SSSR count). The van der Waals surface area contributed by atoms with Crippen molar-refractivity contribution < 1.29 is 32.7 Å². The topological polar surface area (TPSA) is 161 Å². The van der Waals surface area contributed by atoms with E-state index in [-0.39, 0.29) is 49.5 Å². The van der Waals surface area contributed by atoms with Crippen LogP contribution in [0.3, 0.4) is 0 Å². The van der Waals surface area contributed by atoms with E-state index in [0.717, 1.165) is 5.56 Å². The molecular formula is C24H33N4O8P. The Morgan fingerprint density at radius 2 is 1.95 bits per heavy atom. The molecule has 0 spiro atoms. The highest BCUT2D eigenvalue weighted by atomic mass is 31.2. The molecule has 3 N–H and O–H groups in total. The van der Waals surface area contributed by atoms with Crippen LogP contribution in [0.5, 0.6) is 5.75 Å². The fourth-order valence-corrected chi connectivity index (χ4v) is 4.87. The zero-order chi connectivity index (χ0) is 27.2. The summed E-state index contributed by atoms with van der Waals surface area (Å²) in [6, 6.07) is 7.23. The van der Waals surface area contributed by atoms with Gasteiger partial charge in [-0.05, 0) is 29.7 Å². The first-order valence-electron chi connectivity index (χ1n) is 11.8. The molecule has 12 nitrogen and oxygen atoms in total. The van der Waals surface area contributed by atoms with Crippen molar-refractivity contribution in [3.8, 4) is 5.75 Å². The molecule has 202 valence electrons. The number of nitrogens with zero attached hydrogens (tertiary/aromatic N) is 2. The van der Waals surface area contributed by atoms with E-state index in [4.69, 9.17) is 24.3 Å². The van der Waals surface area contributed by atoms with Crippen molar-refractivity contribution in [3.63, 3.8) is 0 Å². The zero-order valence-corrected chi connectivity index (χ0v) is 22.2. The number of nitrogen functional groups attached to an aromatic ring is 1. The Hall–Kier alpha value is -3.21.